The van der Waals surface area contributed by atoms with Crippen LogP contribution in [0, 0.1) is 11.6 Å². The predicted octanol–water partition coefficient (Wildman–Crippen LogP) is 4.61. The van der Waals surface area contributed by atoms with Crippen molar-refractivity contribution in [1.29, 1.82) is 0 Å². The summed E-state index contributed by atoms with van der Waals surface area (Å²) in [6.07, 6.45) is -3.17. The molecular weight excluding hydrogens is 383 g/mol. The zero-order valence-electron chi connectivity index (χ0n) is 14.2. The number of carbonyl (C=O) groups excluding carboxylic acids is 1. The minimum Gasteiger partial charge on any atom is -0.444 e. The van der Waals surface area contributed by atoms with Crippen LogP contribution in [-0.2, 0) is 12.6 Å². The fourth-order valence-corrected chi connectivity index (χ4v) is 2.44. The van der Waals surface area contributed by atoms with Crippen molar-refractivity contribution in [3.05, 3.63) is 77.2 Å². The molecule has 0 aliphatic carbocycles. The van der Waals surface area contributed by atoms with Gasteiger partial charge in [-0.2, -0.15) is 13.2 Å². The summed E-state index contributed by atoms with van der Waals surface area (Å²) in [5, 5.41) is 2.47. The van der Waals surface area contributed by atoms with Gasteiger partial charge in [0, 0.05) is 24.1 Å². The highest BCUT2D eigenvalue weighted by Gasteiger charge is 2.34. The van der Waals surface area contributed by atoms with Crippen molar-refractivity contribution in [2.75, 3.05) is 6.54 Å². The molecule has 0 bridgehead atoms. The van der Waals surface area contributed by atoms with Crippen LogP contribution in [-0.4, -0.2) is 17.4 Å². The highest BCUT2D eigenvalue weighted by atomic mass is 19.4. The largest absolute Gasteiger partial charge is 0.444 e. The third-order valence-corrected chi connectivity index (χ3v) is 3.85. The molecule has 0 atom stereocenters. The second-order valence-electron chi connectivity index (χ2n) is 5.85. The Morgan fingerprint density at radius 1 is 1.07 bits per heavy atom. The van der Waals surface area contributed by atoms with Gasteiger partial charge in [-0.3, -0.25) is 4.79 Å². The molecule has 1 aromatic heterocycles. The van der Waals surface area contributed by atoms with E-state index in [1.807, 2.05) is 0 Å². The van der Waals surface area contributed by atoms with Crippen LogP contribution in [0.2, 0.25) is 0 Å². The van der Waals surface area contributed by atoms with Gasteiger partial charge in [0.1, 0.15) is 17.9 Å². The summed E-state index contributed by atoms with van der Waals surface area (Å²) in [5.74, 6) is -2.33. The molecule has 0 saturated carbocycles. The highest BCUT2D eigenvalue weighted by Crippen LogP contribution is 2.31. The quantitative estimate of drug-likeness (QED) is 0.641. The number of aromatic nitrogens is 1. The molecule has 2 aromatic carbocycles. The summed E-state index contributed by atoms with van der Waals surface area (Å²) in [5.41, 5.74) is -0.562. The van der Waals surface area contributed by atoms with Crippen LogP contribution in [0.1, 0.15) is 21.6 Å². The number of rotatable bonds is 5. The summed E-state index contributed by atoms with van der Waals surface area (Å²) < 4.78 is 69.4. The predicted molar refractivity (Wildman–Crippen MR) is 89.3 cm³/mol. The maximum Gasteiger partial charge on any atom is 0.419 e. The van der Waals surface area contributed by atoms with Gasteiger partial charge in [-0.05, 0) is 42.5 Å². The summed E-state index contributed by atoms with van der Waals surface area (Å²) >= 11 is 0. The topological polar surface area (TPSA) is 55.1 Å². The van der Waals surface area contributed by atoms with Gasteiger partial charge < -0.3 is 9.73 Å². The van der Waals surface area contributed by atoms with Gasteiger partial charge in [-0.1, -0.05) is 0 Å². The van der Waals surface area contributed by atoms with E-state index < -0.39 is 29.3 Å². The molecule has 0 unspecified atom stereocenters. The molecule has 1 N–H and O–H groups in total. The molecule has 3 rings (SSSR count). The Bertz CT molecular complexity index is 981. The summed E-state index contributed by atoms with van der Waals surface area (Å²) in [7, 11) is 0. The standard InChI is InChI=1S/C19H13F5N2O2/c20-13-4-1-11(2-5-13)18-26-14(10-28-18)7-8-25-17(27)12-3-6-15(16(21)9-12)19(22,23)24/h1-6,9-10H,7-8H2,(H,25,27). The third-order valence-electron chi connectivity index (χ3n) is 3.85. The summed E-state index contributed by atoms with van der Waals surface area (Å²) in [6.45, 7) is 0.108. The number of hydrogen-bond acceptors (Lipinski definition) is 3. The maximum absolute atomic E-state index is 13.5. The lowest BCUT2D eigenvalue weighted by molar-refractivity contribution is -0.140. The van der Waals surface area contributed by atoms with E-state index in [9.17, 15) is 26.7 Å². The Morgan fingerprint density at radius 3 is 2.43 bits per heavy atom. The number of halogens is 5. The molecule has 28 heavy (non-hydrogen) atoms. The van der Waals surface area contributed by atoms with Crippen molar-refractivity contribution in [2.45, 2.75) is 12.6 Å². The van der Waals surface area contributed by atoms with Crippen LogP contribution >= 0.6 is 0 Å². The average molecular weight is 396 g/mol. The van der Waals surface area contributed by atoms with Crippen LogP contribution < -0.4 is 5.32 Å². The van der Waals surface area contributed by atoms with Crippen LogP contribution in [0.15, 0.2) is 53.1 Å². The SMILES string of the molecule is O=C(NCCc1coc(-c2ccc(F)cc2)n1)c1ccc(C(F)(F)F)c(F)c1. The van der Waals surface area contributed by atoms with Gasteiger partial charge in [0.2, 0.25) is 5.89 Å². The first-order valence-corrected chi connectivity index (χ1v) is 8.09. The van der Waals surface area contributed by atoms with Crippen molar-refractivity contribution >= 4 is 5.91 Å². The third kappa shape index (κ3) is 4.54. The van der Waals surface area contributed by atoms with Gasteiger partial charge in [-0.15, -0.1) is 0 Å². The molecule has 146 valence electrons. The first kappa shape index (κ1) is 19.5. The number of nitrogens with zero attached hydrogens (tertiary/aromatic N) is 1. The maximum atomic E-state index is 13.5. The number of oxazole rings is 1. The monoisotopic (exact) mass is 396 g/mol. The van der Waals surface area contributed by atoms with Gasteiger partial charge in [0.25, 0.3) is 5.91 Å². The van der Waals surface area contributed by atoms with Gasteiger partial charge >= 0.3 is 6.18 Å². The van der Waals surface area contributed by atoms with Gasteiger partial charge in [0.15, 0.2) is 0 Å². The van der Waals surface area contributed by atoms with E-state index >= 15 is 0 Å². The smallest absolute Gasteiger partial charge is 0.419 e. The Balaban J connectivity index is 1.57. The number of alkyl halides is 3. The van der Waals surface area contributed by atoms with Crippen molar-refractivity contribution in [3.63, 3.8) is 0 Å². The van der Waals surface area contributed by atoms with E-state index in [0.717, 1.165) is 6.07 Å². The zero-order chi connectivity index (χ0) is 20.3. The first-order chi connectivity index (χ1) is 13.2. The van der Waals surface area contributed by atoms with E-state index in [-0.39, 0.29) is 24.4 Å². The second kappa shape index (κ2) is 7.79. The van der Waals surface area contributed by atoms with Crippen LogP contribution in [0.4, 0.5) is 22.0 Å². The molecule has 0 radical (unpaired) electrons. The lowest BCUT2D eigenvalue weighted by Crippen LogP contribution is -2.26. The molecule has 0 spiro atoms. The normalized spacial score (nSPS) is 11.5. The van der Waals surface area contributed by atoms with Crippen molar-refractivity contribution in [3.8, 4) is 11.5 Å². The van der Waals surface area contributed by atoms with E-state index in [0.29, 0.717) is 23.4 Å². The molecule has 9 heteroatoms. The average Bonchev–Trinajstić information content (AvgIpc) is 3.10. The summed E-state index contributed by atoms with van der Waals surface area (Å²) in [6, 6.07) is 7.52. The summed E-state index contributed by atoms with van der Waals surface area (Å²) in [4.78, 5) is 16.2. The lowest BCUT2D eigenvalue weighted by Gasteiger charge is -2.09. The Labute approximate surface area is 156 Å². The van der Waals surface area contributed by atoms with E-state index in [1.165, 1.54) is 30.5 Å². The van der Waals surface area contributed by atoms with Gasteiger partial charge in [0.05, 0.1) is 11.3 Å². The number of benzene rings is 2. The number of nitrogens with one attached hydrogen (secondary N) is 1. The molecule has 0 aliphatic rings. The fourth-order valence-electron chi connectivity index (χ4n) is 2.44. The molecular formula is C19H13F5N2O2. The lowest BCUT2D eigenvalue weighted by atomic mass is 10.1. The van der Waals surface area contributed by atoms with E-state index in [2.05, 4.69) is 10.3 Å². The van der Waals surface area contributed by atoms with E-state index in [1.54, 1.807) is 0 Å². The first-order valence-electron chi connectivity index (χ1n) is 8.09. The van der Waals surface area contributed by atoms with E-state index in [4.69, 9.17) is 4.42 Å². The fraction of sp³-hybridized carbons (Fsp3) is 0.158. The molecule has 3 aromatic rings. The van der Waals surface area contributed by atoms with Crippen molar-refractivity contribution < 1.29 is 31.2 Å². The van der Waals surface area contributed by atoms with Crippen molar-refractivity contribution in [2.24, 2.45) is 0 Å². The Morgan fingerprint density at radius 2 is 1.79 bits per heavy atom. The molecule has 1 amide bonds. The Kier molecular flexibility index (Phi) is 5.43. The highest BCUT2D eigenvalue weighted by molar-refractivity contribution is 5.94. The number of amides is 1. The minimum absolute atomic E-state index is 0.108. The van der Waals surface area contributed by atoms with Gasteiger partial charge in [-0.25, -0.2) is 13.8 Å². The molecule has 4 nitrogen and oxygen atoms in total. The molecule has 0 saturated heterocycles. The number of hydrogen-bond donors (Lipinski definition) is 1. The second-order valence-corrected chi connectivity index (χ2v) is 5.85. The minimum atomic E-state index is -4.83. The van der Waals surface area contributed by atoms with Crippen LogP contribution in [0.25, 0.3) is 11.5 Å². The molecule has 1 heterocycles. The molecule has 0 fully saturated rings. The van der Waals surface area contributed by atoms with Crippen LogP contribution in [0.5, 0.6) is 0 Å². The zero-order valence-corrected chi connectivity index (χ0v) is 14.2. The Hall–Kier alpha value is -3.23. The number of carbonyl (C=O) groups is 1. The molecule has 0 aliphatic heterocycles. The van der Waals surface area contributed by atoms with Crippen molar-refractivity contribution in [1.82, 2.24) is 10.3 Å². The van der Waals surface area contributed by atoms with Crippen LogP contribution in [0.3, 0.4) is 0 Å².